The van der Waals surface area contributed by atoms with Gasteiger partial charge < -0.3 is 0 Å². The maximum Gasteiger partial charge on any atom is 0.0737 e. The van der Waals surface area contributed by atoms with Gasteiger partial charge in [0, 0.05) is 17.0 Å². The van der Waals surface area contributed by atoms with Gasteiger partial charge in [-0.2, -0.15) is 0 Å². The van der Waals surface area contributed by atoms with Gasteiger partial charge in [-0.05, 0) is 37.5 Å². The highest BCUT2D eigenvalue weighted by atomic mass is 14.7. The van der Waals surface area contributed by atoms with Crippen LogP contribution >= 0.6 is 0 Å². The molecule has 0 saturated carbocycles. The van der Waals surface area contributed by atoms with E-state index in [1.165, 1.54) is 16.5 Å². The largest absolute Gasteiger partial charge is 0.252 e. The molecule has 1 heteroatoms. The van der Waals surface area contributed by atoms with Crippen LogP contribution in [0.1, 0.15) is 43.5 Å². The molecule has 0 radical (unpaired) electrons. The third kappa shape index (κ3) is 2.31. The summed E-state index contributed by atoms with van der Waals surface area (Å²) < 4.78 is 0. The van der Waals surface area contributed by atoms with Crippen molar-refractivity contribution in [2.75, 3.05) is 0 Å². The molecule has 1 atom stereocenters. The molecule has 0 N–H and O–H groups in total. The lowest BCUT2D eigenvalue weighted by molar-refractivity contribution is 0.914. The zero-order chi connectivity index (χ0) is 13.1. The van der Waals surface area contributed by atoms with Gasteiger partial charge in [0.15, 0.2) is 0 Å². The minimum absolute atomic E-state index is 0.379. The maximum atomic E-state index is 4.85. The van der Waals surface area contributed by atoms with E-state index in [9.17, 15) is 0 Å². The van der Waals surface area contributed by atoms with Crippen molar-refractivity contribution in [2.24, 2.45) is 0 Å². The molecular weight excluding hydrogens is 218 g/mol. The highest BCUT2D eigenvalue weighted by Gasteiger charge is 2.07. The highest BCUT2D eigenvalue weighted by Crippen LogP contribution is 2.24. The van der Waals surface area contributed by atoms with Crippen molar-refractivity contribution in [3.8, 4) is 0 Å². The average Bonchev–Trinajstić information content (AvgIpc) is 2.39. The van der Waals surface area contributed by atoms with Gasteiger partial charge in [0.1, 0.15) is 0 Å². The van der Waals surface area contributed by atoms with Crippen LogP contribution in [0.5, 0.6) is 0 Å². The van der Waals surface area contributed by atoms with E-state index < -0.39 is 0 Å². The maximum absolute atomic E-state index is 4.85. The normalized spacial score (nSPS) is 13.3. The van der Waals surface area contributed by atoms with E-state index in [-0.39, 0.29) is 0 Å². The van der Waals surface area contributed by atoms with Gasteiger partial charge >= 0.3 is 0 Å². The smallest absolute Gasteiger partial charge is 0.0737 e. The molecule has 1 unspecified atom stereocenters. The fraction of sp³-hybridized carbons (Fsp3) is 0.353. The van der Waals surface area contributed by atoms with Gasteiger partial charge in [-0.15, -0.1) is 0 Å². The summed E-state index contributed by atoms with van der Waals surface area (Å²) in [6.45, 7) is 8.61. The number of fused-ring (bicyclic) bond motifs is 1. The molecule has 0 fully saturated rings. The number of nitrogens with zero attached hydrogens (tertiary/aromatic N) is 1. The molecule has 2 aromatic rings. The minimum Gasteiger partial charge on any atom is -0.252 e. The van der Waals surface area contributed by atoms with Crippen molar-refractivity contribution in [3.05, 3.63) is 53.2 Å². The summed E-state index contributed by atoms with van der Waals surface area (Å²) in [6, 6.07) is 8.72. The number of rotatable bonds is 3. The molecule has 0 aliphatic carbocycles. The lowest BCUT2D eigenvalue weighted by Crippen LogP contribution is -1.97. The zero-order valence-corrected chi connectivity index (χ0v) is 11.7. The van der Waals surface area contributed by atoms with Gasteiger partial charge in [0.2, 0.25) is 0 Å². The molecule has 0 aliphatic rings. The second kappa shape index (κ2) is 5.34. The lowest BCUT2D eigenvalue weighted by atomic mass is 10.00. The second-order valence-electron chi connectivity index (χ2n) is 4.83. The Labute approximate surface area is 110 Å². The van der Waals surface area contributed by atoms with E-state index in [1.54, 1.807) is 0 Å². The van der Waals surface area contributed by atoms with Crippen LogP contribution in [0.15, 0.2) is 36.4 Å². The summed E-state index contributed by atoms with van der Waals surface area (Å²) in [6.07, 6.45) is 5.34. The molecule has 1 nitrogen and oxygen atoms in total. The predicted octanol–water partition coefficient (Wildman–Crippen LogP) is 4.79. The standard InChI is InChI=1S/C17H21N/c1-5-7-12(3)16-11-10-15-9-8-14(6-2)13(4)17(15)18-16/h5,7-12H,6H2,1-4H3/b7-5-. The van der Waals surface area contributed by atoms with Crippen molar-refractivity contribution in [2.45, 2.75) is 40.0 Å². The van der Waals surface area contributed by atoms with Crippen LogP contribution in [0.25, 0.3) is 10.9 Å². The fourth-order valence-corrected chi connectivity index (χ4v) is 2.41. The summed E-state index contributed by atoms with van der Waals surface area (Å²) in [5, 5.41) is 1.24. The molecule has 1 heterocycles. The lowest BCUT2D eigenvalue weighted by Gasteiger charge is -2.11. The quantitative estimate of drug-likeness (QED) is 0.702. The average molecular weight is 239 g/mol. The Kier molecular flexibility index (Phi) is 3.81. The van der Waals surface area contributed by atoms with Gasteiger partial charge in [-0.25, -0.2) is 0 Å². The molecule has 0 bridgehead atoms. The Bertz CT molecular complexity index is 581. The fourth-order valence-electron chi connectivity index (χ4n) is 2.41. The number of benzene rings is 1. The molecule has 1 aromatic heterocycles. The van der Waals surface area contributed by atoms with Crippen LogP contribution in [0.4, 0.5) is 0 Å². The van der Waals surface area contributed by atoms with Crippen LogP contribution in [-0.4, -0.2) is 4.98 Å². The third-order valence-corrected chi connectivity index (χ3v) is 3.58. The first-order valence-corrected chi connectivity index (χ1v) is 6.69. The molecule has 0 aliphatic heterocycles. The van der Waals surface area contributed by atoms with Gasteiger partial charge in [-0.1, -0.05) is 44.2 Å². The molecule has 0 spiro atoms. The number of aryl methyl sites for hydroxylation is 2. The minimum atomic E-state index is 0.379. The number of hydrogen-bond donors (Lipinski definition) is 0. The van der Waals surface area contributed by atoms with Crippen LogP contribution in [0.2, 0.25) is 0 Å². The van der Waals surface area contributed by atoms with Gasteiger partial charge in [-0.3, -0.25) is 4.98 Å². The van der Waals surface area contributed by atoms with Crippen LogP contribution in [0.3, 0.4) is 0 Å². The summed E-state index contributed by atoms with van der Waals surface area (Å²) in [7, 11) is 0. The van der Waals surface area contributed by atoms with E-state index in [1.807, 2.05) is 0 Å². The first-order valence-electron chi connectivity index (χ1n) is 6.69. The summed E-state index contributed by atoms with van der Waals surface area (Å²) in [5.74, 6) is 0.379. The molecule has 1 aromatic carbocycles. The highest BCUT2D eigenvalue weighted by molar-refractivity contribution is 5.83. The first-order chi connectivity index (χ1) is 8.67. The Morgan fingerprint density at radius 3 is 2.61 bits per heavy atom. The van der Waals surface area contributed by atoms with Crippen LogP contribution in [-0.2, 0) is 6.42 Å². The molecule has 0 saturated heterocycles. The Hall–Kier alpha value is -1.63. The zero-order valence-electron chi connectivity index (χ0n) is 11.7. The molecule has 94 valence electrons. The SMILES string of the molecule is C/C=C\C(C)c1ccc2ccc(CC)c(C)c2n1. The summed E-state index contributed by atoms with van der Waals surface area (Å²) in [4.78, 5) is 4.85. The van der Waals surface area contributed by atoms with Crippen molar-refractivity contribution in [3.63, 3.8) is 0 Å². The molecular formula is C17H21N. The Morgan fingerprint density at radius 1 is 1.22 bits per heavy atom. The van der Waals surface area contributed by atoms with E-state index in [0.717, 1.165) is 17.6 Å². The number of hydrogen-bond acceptors (Lipinski definition) is 1. The van der Waals surface area contributed by atoms with E-state index in [2.05, 4.69) is 64.1 Å². The van der Waals surface area contributed by atoms with E-state index in [0.29, 0.717) is 5.92 Å². The first kappa shape index (κ1) is 12.8. The molecule has 18 heavy (non-hydrogen) atoms. The number of aromatic nitrogens is 1. The van der Waals surface area contributed by atoms with Crippen molar-refractivity contribution < 1.29 is 0 Å². The molecule has 2 rings (SSSR count). The Balaban J connectivity index is 2.58. The summed E-state index contributed by atoms with van der Waals surface area (Å²) in [5.41, 5.74) is 5.02. The topological polar surface area (TPSA) is 12.9 Å². The van der Waals surface area contributed by atoms with Crippen molar-refractivity contribution >= 4 is 10.9 Å². The number of pyridine rings is 1. The predicted molar refractivity (Wildman–Crippen MR) is 79.1 cm³/mol. The Morgan fingerprint density at radius 2 is 1.94 bits per heavy atom. The van der Waals surface area contributed by atoms with Crippen molar-refractivity contribution in [1.29, 1.82) is 0 Å². The number of allylic oxidation sites excluding steroid dienone is 2. The van der Waals surface area contributed by atoms with Crippen LogP contribution in [0, 0.1) is 6.92 Å². The van der Waals surface area contributed by atoms with Crippen molar-refractivity contribution in [1.82, 2.24) is 4.98 Å². The molecule has 0 amide bonds. The van der Waals surface area contributed by atoms with Gasteiger partial charge in [0.25, 0.3) is 0 Å². The monoisotopic (exact) mass is 239 g/mol. The summed E-state index contributed by atoms with van der Waals surface area (Å²) >= 11 is 0. The van der Waals surface area contributed by atoms with Gasteiger partial charge in [0.05, 0.1) is 5.52 Å². The second-order valence-corrected chi connectivity index (χ2v) is 4.83. The third-order valence-electron chi connectivity index (χ3n) is 3.58. The van der Waals surface area contributed by atoms with E-state index >= 15 is 0 Å². The van der Waals surface area contributed by atoms with Crippen LogP contribution < -0.4 is 0 Å². The van der Waals surface area contributed by atoms with E-state index in [4.69, 9.17) is 4.98 Å².